The number of phenols is 1. The Bertz CT molecular complexity index is 747. The van der Waals surface area contributed by atoms with Crippen LogP contribution in [-0.2, 0) is 4.74 Å². The Balaban J connectivity index is 1.73. The van der Waals surface area contributed by atoms with Gasteiger partial charge in [-0.05, 0) is 31.3 Å². The van der Waals surface area contributed by atoms with Gasteiger partial charge in [-0.15, -0.1) is 0 Å². The lowest BCUT2D eigenvalue weighted by Gasteiger charge is -2.28. The van der Waals surface area contributed by atoms with Crippen LogP contribution in [-0.4, -0.2) is 67.8 Å². The van der Waals surface area contributed by atoms with E-state index in [0.717, 1.165) is 24.6 Å². The van der Waals surface area contributed by atoms with Crippen molar-refractivity contribution in [3.63, 3.8) is 0 Å². The fraction of sp³-hybridized carbons (Fsp3) is 0.389. The molecule has 0 atom stereocenters. The van der Waals surface area contributed by atoms with Crippen LogP contribution < -0.4 is 20.4 Å². The van der Waals surface area contributed by atoms with Gasteiger partial charge >= 0.3 is 6.01 Å². The van der Waals surface area contributed by atoms with Crippen LogP contribution in [0.3, 0.4) is 0 Å². The van der Waals surface area contributed by atoms with Crippen LogP contribution in [0.1, 0.15) is 5.69 Å². The fourth-order valence-electron chi connectivity index (χ4n) is 2.47. The van der Waals surface area contributed by atoms with Crippen LogP contribution in [0.2, 0.25) is 0 Å². The van der Waals surface area contributed by atoms with Gasteiger partial charge in [0.2, 0.25) is 0 Å². The molecule has 144 valence electrons. The molecule has 1 saturated heterocycles. The Morgan fingerprint density at radius 3 is 2.78 bits per heavy atom. The topological polar surface area (TPSA) is 104 Å². The standard InChI is InChI=1S/C18H24N6O3/c1-19-6-9-27-18-21-15(12-17(22-18)24-7-10-26-11-8-24)13-20-23-14-2-4-16(25)5-3-14/h2-5,12-13,19,23,25H,6-11H2,1H3/b20-13-. The lowest BCUT2D eigenvalue weighted by Crippen LogP contribution is -2.37. The van der Waals surface area contributed by atoms with Gasteiger partial charge in [-0.2, -0.15) is 15.1 Å². The lowest BCUT2D eigenvalue weighted by molar-refractivity contribution is 0.122. The molecule has 3 N–H and O–H groups in total. The molecular weight excluding hydrogens is 348 g/mol. The lowest BCUT2D eigenvalue weighted by atomic mass is 10.3. The first-order chi connectivity index (χ1) is 13.2. The fourth-order valence-corrected chi connectivity index (χ4v) is 2.47. The number of nitrogens with one attached hydrogen (secondary N) is 2. The van der Waals surface area contributed by atoms with Crippen LogP contribution in [0.4, 0.5) is 11.5 Å². The molecule has 0 saturated carbocycles. The van der Waals surface area contributed by atoms with Gasteiger partial charge in [0, 0.05) is 25.7 Å². The predicted molar refractivity (Wildman–Crippen MR) is 104 cm³/mol. The summed E-state index contributed by atoms with van der Waals surface area (Å²) in [5.74, 6) is 0.998. The Hall–Kier alpha value is -2.91. The number of morpholine rings is 1. The third-order valence-corrected chi connectivity index (χ3v) is 3.89. The number of aromatic nitrogens is 2. The van der Waals surface area contributed by atoms with Gasteiger partial charge < -0.3 is 24.8 Å². The molecule has 0 amide bonds. The minimum absolute atomic E-state index is 0.207. The molecule has 9 heteroatoms. The second-order valence-electron chi connectivity index (χ2n) is 5.90. The molecular formula is C18H24N6O3. The smallest absolute Gasteiger partial charge is 0.319 e. The largest absolute Gasteiger partial charge is 0.508 e. The minimum Gasteiger partial charge on any atom is -0.508 e. The molecule has 2 heterocycles. The van der Waals surface area contributed by atoms with Crippen LogP contribution >= 0.6 is 0 Å². The summed E-state index contributed by atoms with van der Waals surface area (Å²) < 4.78 is 11.0. The normalized spacial score (nSPS) is 14.5. The van der Waals surface area contributed by atoms with E-state index in [0.29, 0.717) is 38.1 Å². The van der Waals surface area contributed by atoms with Gasteiger partial charge in [0.05, 0.1) is 30.8 Å². The molecule has 2 aromatic rings. The zero-order valence-electron chi connectivity index (χ0n) is 15.3. The summed E-state index contributed by atoms with van der Waals surface area (Å²) in [7, 11) is 1.86. The minimum atomic E-state index is 0.207. The van der Waals surface area contributed by atoms with Crippen molar-refractivity contribution in [2.45, 2.75) is 0 Å². The molecule has 0 bridgehead atoms. The summed E-state index contributed by atoms with van der Waals surface area (Å²) in [6.07, 6.45) is 1.61. The quantitative estimate of drug-likeness (QED) is 0.274. The highest BCUT2D eigenvalue weighted by molar-refractivity contribution is 5.79. The highest BCUT2D eigenvalue weighted by Gasteiger charge is 2.15. The van der Waals surface area contributed by atoms with Crippen molar-refractivity contribution >= 4 is 17.7 Å². The van der Waals surface area contributed by atoms with Crippen LogP contribution in [0.15, 0.2) is 35.4 Å². The van der Waals surface area contributed by atoms with Crippen LogP contribution in [0.25, 0.3) is 0 Å². The Labute approximate surface area is 158 Å². The molecule has 27 heavy (non-hydrogen) atoms. The Morgan fingerprint density at radius 1 is 1.26 bits per heavy atom. The summed E-state index contributed by atoms with van der Waals surface area (Å²) in [6, 6.07) is 8.84. The first-order valence-electron chi connectivity index (χ1n) is 8.82. The molecule has 0 aliphatic carbocycles. The van der Waals surface area contributed by atoms with E-state index in [1.165, 1.54) is 0 Å². The van der Waals surface area contributed by atoms with E-state index in [-0.39, 0.29) is 5.75 Å². The third kappa shape index (κ3) is 5.80. The Morgan fingerprint density at radius 2 is 2.04 bits per heavy atom. The number of likely N-dealkylation sites (N-methyl/N-ethyl adjacent to an activating group) is 1. The number of anilines is 2. The molecule has 1 aliphatic rings. The number of aromatic hydroxyl groups is 1. The molecule has 9 nitrogen and oxygen atoms in total. The van der Waals surface area contributed by atoms with Crippen molar-refractivity contribution in [2.75, 3.05) is 56.8 Å². The second kappa shape index (κ2) is 9.70. The number of hydrogen-bond acceptors (Lipinski definition) is 9. The summed E-state index contributed by atoms with van der Waals surface area (Å²) in [5, 5.41) is 16.6. The predicted octanol–water partition coefficient (Wildman–Crippen LogP) is 1.06. The average Bonchev–Trinajstić information content (AvgIpc) is 2.70. The highest BCUT2D eigenvalue weighted by Crippen LogP contribution is 2.17. The first-order valence-corrected chi connectivity index (χ1v) is 8.82. The van der Waals surface area contributed by atoms with Crippen molar-refractivity contribution in [3.05, 3.63) is 36.0 Å². The second-order valence-corrected chi connectivity index (χ2v) is 5.90. The maximum Gasteiger partial charge on any atom is 0.319 e. The maximum atomic E-state index is 9.32. The number of ether oxygens (including phenoxy) is 2. The summed E-state index contributed by atoms with van der Waals surface area (Å²) >= 11 is 0. The van der Waals surface area contributed by atoms with E-state index >= 15 is 0 Å². The average molecular weight is 372 g/mol. The zero-order valence-corrected chi connectivity index (χ0v) is 15.3. The SMILES string of the molecule is CNCCOc1nc(/C=N\Nc2ccc(O)cc2)cc(N2CCOCC2)n1. The maximum absolute atomic E-state index is 9.32. The van der Waals surface area contributed by atoms with Gasteiger partial charge in [0.1, 0.15) is 18.2 Å². The van der Waals surface area contributed by atoms with E-state index in [2.05, 4.69) is 30.7 Å². The van der Waals surface area contributed by atoms with Gasteiger partial charge in [-0.1, -0.05) is 0 Å². The van der Waals surface area contributed by atoms with Crippen molar-refractivity contribution in [1.82, 2.24) is 15.3 Å². The summed E-state index contributed by atoms with van der Waals surface area (Å²) in [5.41, 5.74) is 4.30. The molecule has 0 spiro atoms. The molecule has 0 unspecified atom stereocenters. The molecule has 1 aromatic carbocycles. The zero-order chi connectivity index (χ0) is 18.9. The monoisotopic (exact) mass is 372 g/mol. The molecule has 1 aromatic heterocycles. The van der Waals surface area contributed by atoms with Crippen molar-refractivity contribution in [1.29, 1.82) is 0 Å². The number of rotatable bonds is 8. The first kappa shape index (κ1) is 18.9. The van der Waals surface area contributed by atoms with Crippen LogP contribution in [0, 0.1) is 0 Å². The van der Waals surface area contributed by atoms with Crippen molar-refractivity contribution < 1.29 is 14.6 Å². The van der Waals surface area contributed by atoms with E-state index < -0.39 is 0 Å². The van der Waals surface area contributed by atoms with Gasteiger partial charge in [-0.3, -0.25) is 5.43 Å². The third-order valence-electron chi connectivity index (χ3n) is 3.89. The number of benzene rings is 1. The number of nitrogens with zero attached hydrogens (tertiary/aromatic N) is 4. The summed E-state index contributed by atoms with van der Waals surface area (Å²) in [4.78, 5) is 11.0. The Kier molecular flexibility index (Phi) is 6.78. The number of phenolic OH excluding ortho intramolecular Hbond substituents is 1. The summed E-state index contributed by atoms with van der Waals surface area (Å²) in [6.45, 7) is 4.07. The van der Waals surface area contributed by atoms with Gasteiger partial charge in [0.15, 0.2) is 0 Å². The van der Waals surface area contributed by atoms with E-state index in [4.69, 9.17) is 9.47 Å². The van der Waals surface area contributed by atoms with E-state index in [9.17, 15) is 5.11 Å². The molecule has 0 radical (unpaired) electrons. The van der Waals surface area contributed by atoms with Gasteiger partial charge in [0.25, 0.3) is 0 Å². The van der Waals surface area contributed by atoms with E-state index in [1.807, 2.05) is 13.1 Å². The highest BCUT2D eigenvalue weighted by atomic mass is 16.5. The van der Waals surface area contributed by atoms with Crippen molar-refractivity contribution in [2.24, 2.45) is 5.10 Å². The number of hydrazone groups is 1. The molecule has 1 fully saturated rings. The molecule has 3 rings (SSSR count). The van der Waals surface area contributed by atoms with Gasteiger partial charge in [-0.25, -0.2) is 0 Å². The number of hydrogen-bond donors (Lipinski definition) is 3. The van der Waals surface area contributed by atoms with Crippen molar-refractivity contribution in [3.8, 4) is 11.8 Å². The van der Waals surface area contributed by atoms with Crippen LogP contribution in [0.5, 0.6) is 11.8 Å². The molecule has 1 aliphatic heterocycles. The van der Waals surface area contributed by atoms with E-state index in [1.54, 1.807) is 30.5 Å².